The van der Waals surface area contributed by atoms with E-state index in [1.807, 2.05) is 0 Å². The molecule has 0 spiro atoms. The van der Waals surface area contributed by atoms with Crippen LogP contribution >= 0.6 is 0 Å². The van der Waals surface area contributed by atoms with Crippen LogP contribution < -0.4 is 25.6 Å². The minimum absolute atomic E-state index is 1.09. The van der Waals surface area contributed by atoms with Crippen LogP contribution in [-0.4, -0.2) is 12.6 Å². The highest BCUT2D eigenvalue weighted by Crippen LogP contribution is 2.39. The predicted octanol–water partition coefficient (Wildman–Crippen LogP) is 14.6. The van der Waals surface area contributed by atoms with Crippen LogP contribution in [0.3, 0.4) is 0 Å². The summed E-state index contributed by atoms with van der Waals surface area (Å²) in [6.07, 6.45) is 0. The second-order valence-corrected chi connectivity index (χ2v) is 21.5. The Morgan fingerprint density at radius 1 is 0.246 bits per heavy atom. The summed E-state index contributed by atoms with van der Waals surface area (Å²) in [7, 11) is -2.70. The van der Waals surface area contributed by atoms with E-state index >= 15 is 0 Å². The Hall–Kier alpha value is -8.76. The maximum absolute atomic E-state index is 2.70. The molecule has 12 aromatic rings. The number of para-hydroxylation sites is 1. The molecule has 0 saturated heterocycles. The number of hydrogen-bond donors (Lipinski definition) is 0. The molecule has 69 heavy (non-hydrogen) atoms. The largest absolute Gasteiger partial charge is 0.311 e. The van der Waals surface area contributed by atoms with Crippen LogP contribution in [0.15, 0.2) is 291 Å². The zero-order chi connectivity index (χ0) is 46.0. The van der Waals surface area contributed by atoms with Gasteiger partial charge < -0.3 is 9.47 Å². The van der Waals surface area contributed by atoms with Gasteiger partial charge in [0.2, 0.25) is 0 Å². The number of aromatic nitrogens is 1. The highest BCUT2D eigenvalue weighted by atomic mass is 28.3. The first-order valence-corrected chi connectivity index (χ1v) is 25.7. The third-order valence-corrected chi connectivity index (χ3v) is 18.6. The van der Waals surface area contributed by atoms with Gasteiger partial charge in [0.15, 0.2) is 8.07 Å². The zero-order valence-electron chi connectivity index (χ0n) is 38.1. The van der Waals surface area contributed by atoms with Gasteiger partial charge in [-0.3, -0.25) is 0 Å². The lowest BCUT2D eigenvalue weighted by atomic mass is 10.0. The Morgan fingerprint density at radius 2 is 0.580 bits per heavy atom. The van der Waals surface area contributed by atoms with Crippen molar-refractivity contribution < 1.29 is 0 Å². The van der Waals surface area contributed by atoms with Crippen molar-refractivity contribution in [3.05, 3.63) is 291 Å². The summed E-state index contributed by atoms with van der Waals surface area (Å²) in [6, 6.07) is 107. The minimum atomic E-state index is -2.70. The first-order valence-electron chi connectivity index (χ1n) is 23.7. The molecule has 3 heteroatoms. The highest BCUT2D eigenvalue weighted by molar-refractivity contribution is 7.19. The molecule has 0 radical (unpaired) electrons. The minimum Gasteiger partial charge on any atom is -0.311 e. The summed E-state index contributed by atoms with van der Waals surface area (Å²) >= 11 is 0. The van der Waals surface area contributed by atoms with Gasteiger partial charge in [-0.2, -0.15) is 0 Å². The van der Waals surface area contributed by atoms with Gasteiger partial charge in [0.25, 0.3) is 0 Å². The molecule has 1 aromatic heterocycles. The third kappa shape index (κ3) is 7.65. The molecule has 326 valence electrons. The van der Waals surface area contributed by atoms with E-state index in [9.17, 15) is 0 Å². The number of hydrogen-bond acceptors (Lipinski definition) is 1. The second kappa shape index (κ2) is 18.1. The van der Waals surface area contributed by atoms with Crippen molar-refractivity contribution in [2.75, 3.05) is 4.90 Å². The van der Waals surface area contributed by atoms with Crippen LogP contribution in [0.25, 0.3) is 60.9 Å². The van der Waals surface area contributed by atoms with E-state index in [0.29, 0.717) is 0 Å². The molecule has 0 aliphatic carbocycles. The molecular formula is C66H48N2Si. The molecule has 2 nitrogen and oxygen atoms in total. The number of anilines is 3. The van der Waals surface area contributed by atoms with E-state index in [4.69, 9.17) is 0 Å². The molecule has 0 amide bonds. The van der Waals surface area contributed by atoms with Gasteiger partial charge in [0.1, 0.15) is 0 Å². The maximum Gasteiger partial charge on any atom is 0.179 e. The van der Waals surface area contributed by atoms with Gasteiger partial charge in [-0.25, -0.2) is 0 Å². The molecule has 0 aliphatic rings. The maximum atomic E-state index is 2.39. The topological polar surface area (TPSA) is 8.17 Å². The summed E-state index contributed by atoms with van der Waals surface area (Å²) < 4.78 is 2.39. The molecule has 0 N–H and O–H groups in total. The van der Waals surface area contributed by atoms with Crippen LogP contribution in [0, 0.1) is 0 Å². The lowest BCUT2D eigenvalue weighted by molar-refractivity contribution is 1.18. The van der Waals surface area contributed by atoms with Crippen LogP contribution in [0.2, 0.25) is 0 Å². The van der Waals surface area contributed by atoms with E-state index in [-0.39, 0.29) is 0 Å². The number of rotatable bonds is 11. The first kappa shape index (κ1) is 41.7. The molecule has 12 rings (SSSR count). The van der Waals surface area contributed by atoms with Gasteiger partial charge in [0.05, 0.1) is 11.0 Å². The van der Waals surface area contributed by atoms with E-state index in [0.717, 1.165) is 22.7 Å². The van der Waals surface area contributed by atoms with Crippen molar-refractivity contribution in [1.82, 2.24) is 4.57 Å². The first-order chi connectivity index (χ1) is 34.2. The van der Waals surface area contributed by atoms with Crippen molar-refractivity contribution in [2.45, 2.75) is 0 Å². The van der Waals surface area contributed by atoms with E-state index < -0.39 is 8.07 Å². The second-order valence-electron chi connectivity index (χ2n) is 17.7. The van der Waals surface area contributed by atoms with Crippen molar-refractivity contribution >= 4 is 67.7 Å². The summed E-state index contributed by atoms with van der Waals surface area (Å²) in [5.74, 6) is 0. The SMILES string of the molecule is c1ccc(-c2ccc(N(c3ccc(-c4ccc5c(c4)c4ccccc4n5-c4ccc(-c5ccccc5)cc4)cc3)c3ccc([Si](c4ccccc4)(c4ccccc4)c4ccccc4)cc3)cc2)cc1. The van der Waals surface area contributed by atoms with E-state index in [1.165, 1.54) is 75.9 Å². The summed E-state index contributed by atoms with van der Waals surface area (Å²) in [6.45, 7) is 0. The fourth-order valence-electron chi connectivity index (χ4n) is 10.5. The number of fused-ring (bicyclic) bond motifs is 3. The molecule has 11 aromatic carbocycles. The molecule has 0 unspecified atom stereocenters. The van der Waals surface area contributed by atoms with Gasteiger partial charge in [-0.05, 0) is 121 Å². The Kier molecular flexibility index (Phi) is 11.0. The Morgan fingerprint density at radius 3 is 1.06 bits per heavy atom. The molecule has 0 atom stereocenters. The number of nitrogens with zero attached hydrogens (tertiary/aromatic N) is 2. The lowest BCUT2D eigenvalue weighted by Crippen LogP contribution is -2.74. The molecule has 1 heterocycles. The summed E-state index contributed by atoms with van der Waals surface area (Å²) in [5, 5.41) is 7.90. The van der Waals surface area contributed by atoms with Gasteiger partial charge >= 0.3 is 0 Å². The average molecular weight is 897 g/mol. The van der Waals surface area contributed by atoms with Crippen molar-refractivity contribution in [3.8, 4) is 39.1 Å². The molecule has 0 bridgehead atoms. The van der Waals surface area contributed by atoms with Gasteiger partial charge in [-0.1, -0.05) is 224 Å². The van der Waals surface area contributed by atoms with Gasteiger partial charge in [0, 0.05) is 33.5 Å². The van der Waals surface area contributed by atoms with Crippen LogP contribution in [0.4, 0.5) is 17.1 Å². The predicted molar refractivity (Wildman–Crippen MR) is 295 cm³/mol. The Bertz CT molecular complexity index is 3550. The molecule has 0 saturated carbocycles. The van der Waals surface area contributed by atoms with Crippen LogP contribution in [-0.2, 0) is 0 Å². The molecular weight excluding hydrogens is 849 g/mol. The fourth-order valence-corrected chi connectivity index (χ4v) is 15.2. The van der Waals surface area contributed by atoms with Crippen LogP contribution in [0.5, 0.6) is 0 Å². The molecule has 0 aliphatic heterocycles. The standard InChI is InChI=1S/C66H48N2Si/c1-6-18-49(19-7-1)51-30-37-55(38-31-51)67(57-43-45-62(46-44-57)69(59-22-10-3-11-23-59,60-24-12-4-13-25-60)61-26-14-5-15-27-61)56-39-34-53(35-40-56)54-36-47-66-64(48-54)63-28-16-17-29-65(63)68(66)58-41-32-52(33-42-58)50-20-8-2-9-21-50/h1-48H. The fraction of sp³-hybridized carbons (Fsp3) is 0. The quantitative estimate of drug-likeness (QED) is 0.0928. The van der Waals surface area contributed by atoms with Crippen molar-refractivity contribution in [1.29, 1.82) is 0 Å². The van der Waals surface area contributed by atoms with Crippen molar-refractivity contribution in [3.63, 3.8) is 0 Å². The Balaban J connectivity index is 0.939. The van der Waals surface area contributed by atoms with Gasteiger partial charge in [-0.15, -0.1) is 0 Å². The summed E-state index contributed by atoms with van der Waals surface area (Å²) in [5.41, 5.74) is 14.0. The summed E-state index contributed by atoms with van der Waals surface area (Å²) in [4.78, 5) is 2.39. The zero-order valence-corrected chi connectivity index (χ0v) is 39.1. The number of benzene rings is 11. The lowest BCUT2D eigenvalue weighted by Gasteiger charge is -2.35. The molecule has 0 fully saturated rings. The van der Waals surface area contributed by atoms with E-state index in [2.05, 4.69) is 301 Å². The average Bonchev–Trinajstić information content (AvgIpc) is 3.77. The van der Waals surface area contributed by atoms with Crippen molar-refractivity contribution in [2.24, 2.45) is 0 Å². The smallest absolute Gasteiger partial charge is 0.179 e. The van der Waals surface area contributed by atoms with E-state index in [1.54, 1.807) is 0 Å². The van der Waals surface area contributed by atoms with Crippen LogP contribution in [0.1, 0.15) is 0 Å². The highest BCUT2D eigenvalue weighted by Gasteiger charge is 2.41. The normalized spacial score (nSPS) is 11.5. The third-order valence-electron chi connectivity index (χ3n) is 13.8. The Labute approximate surface area is 405 Å². The monoisotopic (exact) mass is 896 g/mol.